The van der Waals surface area contributed by atoms with E-state index in [1.165, 1.54) is 4.90 Å². The molecule has 1 unspecified atom stereocenters. The lowest BCUT2D eigenvalue weighted by Crippen LogP contribution is -2.33. The van der Waals surface area contributed by atoms with Gasteiger partial charge in [0, 0.05) is 12.1 Å². The number of Topliss-reactive ketones (excluding diaryl/α,β-unsaturated/α-hetero) is 1. The molecule has 5 rings (SSSR count). The Morgan fingerprint density at radius 3 is 2.45 bits per heavy atom. The minimum absolute atomic E-state index is 0.00640. The molecule has 0 aliphatic carbocycles. The molecule has 8 heteroatoms. The molecule has 2 aliphatic heterocycles. The quantitative estimate of drug-likeness (QED) is 0.253. The van der Waals surface area contributed by atoms with Crippen LogP contribution in [0.5, 0.6) is 23.0 Å². The second kappa shape index (κ2) is 11.0. The monoisotopic (exact) mass is 515 g/mol. The number of carbonyl (C=O) groups is 2. The largest absolute Gasteiger partial charge is 0.507 e. The molecule has 1 atom stereocenters. The summed E-state index contributed by atoms with van der Waals surface area (Å²) < 4.78 is 22.9. The maximum Gasteiger partial charge on any atom is 0.295 e. The molecule has 0 bridgehead atoms. The Labute approximate surface area is 221 Å². The number of aliphatic hydroxyl groups is 1. The van der Waals surface area contributed by atoms with Gasteiger partial charge in [-0.15, -0.1) is 0 Å². The molecule has 0 spiro atoms. The minimum atomic E-state index is -0.835. The van der Waals surface area contributed by atoms with E-state index in [9.17, 15) is 14.7 Å². The number of aliphatic hydroxyl groups excluding tert-OH is 1. The Morgan fingerprint density at radius 1 is 0.947 bits per heavy atom. The van der Waals surface area contributed by atoms with Crippen LogP contribution in [0.25, 0.3) is 5.76 Å². The summed E-state index contributed by atoms with van der Waals surface area (Å²) in [4.78, 5) is 28.0. The maximum absolute atomic E-state index is 13.3. The number of para-hydroxylation sites is 1. The molecule has 38 heavy (non-hydrogen) atoms. The van der Waals surface area contributed by atoms with Crippen molar-refractivity contribution >= 4 is 17.4 Å². The fraction of sp³-hybridized carbons (Fsp3) is 0.267. The van der Waals surface area contributed by atoms with E-state index in [2.05, 4.69) is 0 Å². The number of likely N-dealkylation sites (tertiary alicyclic amines) is 1. The van der Waals surface area contributed by atoms with Crippen LogP contribution < -0.4 is 14.2 Å². The molecule has 1 saturated heterocycles. The number of carbonyl (C=O) groups excluding carboxylic acids is 2. The molecule has 8 nitrogen and oxygen atoms in total. The maximum atomic E-state index is 13.3. The molecule has 2 heterocycles. The van der Waals surface area contributed by atoms with Gasteiger partial charge in [0.2, 0.25) is 0 Å². The Hall–Kier alpha value is -4.30. The number of ketones is 1. The molecular formula is C30H29NO7. The Morgan fingerprint density at radius 2 is 1.68 bits per heavy atom. The van der Waals surface area contributed by atoms with Gasteiger partial charge in [-0.05, 0) is 61.9 Å². The summed E-state index contributed by atoms with van der Waals surface area (Å²) >= 11 is 0. The highest BCUT2D eigenvalue weighted by Crippen LogP contribution is 2.42. The SMILES string of the molecule is CC(C)OCCN1C(=O)C(=O)/C(=C(\O)c2ccc3c(c2)OCCO3)C1c1cccc(Oc2ccccc2)c1. The van der Waals surface area contributed by atoms with E-state index >= 15 is 0 Å². The van der Waals surface area contributed by atoms with Crippen LogP contribution in [-0.2, 0) is 14.3 Å². The van der Waals surface area contributed by atoms with Gasteiger partial charge >= 0.3 is 0 Å². The number of fused-ring (bicyclic) bond motifs is 1. The normalized spacial score (nSPS) is 18.2. The number of ether oxygens (including phenoxy) is 4. The Kier molecular flexibility index (Phi) is 7.33. The zero-order valence-electron chi connectivity index (χ0n) is 21.3. The molecule has 3 aromatic carbocycles. The van der Waals surface area contributed by atoms with Gasteiger partial charge in [-0.25, -0.2) is 0 Å². The lowest BCUT2D eigenvalue weighted by molar-refractivity contribution is -0.140. The topological polar surface area (TPSA) is 94.5 Å². The highest BCUT2D eigenvalue weighted by Gasteiger charge is 2.46. The standard InChI is InChI=1S/C30H29NO7/c1-19(2)35-14-13-31-27(20-7-6-10-23(17-20)38-22-8-4-3-5-9-22)26(29(33)30(31)34)28(32)21-11-12-24-25(18-21)37-16-15-36-24/h3-12,17-19,27,32H,13-16H2,1-2H3/b28-26-. The summed E-state index contributed by atoms with van der Waals surface area (Å²) in [6, 6.07) is 20.6. The average Bonchev–Trinajstić information content (AvgIpc) is 3.18. The lowest BCUT2D eigenvalue weighted by atomic mass is 9.95. The van der Waals surface area contributed by atoms with Crippen molar-refractivity contribution in [2.24, 2.45) is 0 Å². The molecule has 1 N–H and O–H groups in total. The lowest BCUT2D eigenvalue weighted by Gasteiger charge is -2.26. The summed E-state index contributed by atoms with van der Waals surface area (Å²) in [6.45, 7) is 5.03. The molecule has 0 radical (unpaired) electrons. The van der Waals surface area contributed by atoms with Crippen molar-refractivity contribution in [3.05, 3.63) is 89.5 Å². The third kappa shape index (κ3) is 5.21. The van der Waals surface area contributed by atoms with Crippen LogP contribution in [0.3, 0.4) is 0 Å². The second-order valence-electron chi connectivity index (χ2n) is 9.26. The molecule has 196 valence electrons. The van der Waals surface area contributed by atoms with Crippen molar-refractivity contribution in [2.45, 2.75) is 26.0 Å². The van der Waals surface area contributed by atoms with E-state index in [0.29, 0.717) is 47.3 Å². The van der Waals surface area contributed by atoms with E-state index < -0.39 is 17.7 Å². The number of amides is 1. The first-order valence-corrected chi connectivity index (χ1v) is 12.6. The van der Waals surface area contributed by atoms with Crippen LogP contribution in [0.4, 0.5) is 0 Å². The summed E-state index contributed by atoms with van der Waals surface area (Å²) in [7, 11) is 0. The predicted octanol–water partition coefficient (Wildman–Crippen LogP) is 5.10. The van der Waals surface area contributed by atoms with E-state index in [-0.39, 0.29) is 30.6 Å². The number of nitrogens with zero attached hydrogens (tertiary/aromatic N) is 1. The predicted molar refractivity (Wildman–Crippen MR) is 140 cm³/mol. The van der Waals surface area contributed by atoms with Gasteiger partial charge in [-0.3, -0.25) is 9.59 Å². The average molecular weight is 516 g/mol. The fourth-order valence-electron chi connectivity index (χ4n) is 4.56. The van der Waals surface area contributed by atoms with Crippen molar-refractivity contribution in [1.82, 2.24) is 4.90 Å². The van der Waals surface area contributed by atoms with Crippen molar-refractivity contribution < 1.29 is 33.6 Å². The van der Waals surface area contributed by atoms with Crippen molar-refractivity contribution in [2.75, 3.05) is 26.4 Å². The third-order valence-electron chi connectivity index (χ3n) is 6.29. The number of benzene rings is 3. The van der Waals surface area contributed by atoms with Gasteiger partial charge in [-0.2, -0.15) is 0 Å². The first-order valence-electron chi connectivity index (χ1n) is 12.6. The molecule has 0 aromatic heterocycles. The van der Waals surface area contributed by atoms with Crippen molar-refractivity contribution in [3.63, 3.8) is 0 Å². The van der Waals surface area contributed by atoms with Crippen molar-refractivity contribution in [3.8, 4) is 23.0 Å². The van der Waals surface area contributed by atoms with Crippen LogP contribution in [0.2, 0.25) is 0 Å². The number of hydrogen-bond acceptors (Lipinski definition) is 7. The third-order valence-corrected chi connectivity index (χ3v) is 6.29. The van der Waals surface area contributed by atoms with Gasteiger partial charge < -0.3 is 29.0 Å². The number of hydrogen-bond donors (Lipinski definition) is 1. The zero-order chi connectivity index (χ0) is 26.6. The van der Waals surface area contributed by atoms with Crippen LogP contribution in [0, 0.1) is 0 Å². The molecule has 0 saturated carbocycles. The van der Waals surface area contributed by atoms with Crippen LogP contribution in [0.15, 0.2) is 78.4 Å². The van der Waals surface area contributed by atoms with Gasteiger partial charge in [0.15, 0.2) is 11.5 Å². The van der Waals surface area contributed by atoms with E-state index in [4.69, 9.17) is 18.9 Å². The van der Waals surface area contributed by atoms with E-state index in [0.717, 1.165) is 0 Å². The highest BCUT2D eigenvalue weighted by molar-refractivity contribution is 6.46. The van der Waals surface area contributed by atoms with E-state index in [1.807, 2.05) is 50.2 Å². The molecule has 2 aliphatic rings. The summed E-state index contributed by atoms with van der Waals surface area (Å²) in [5.41, 5.74) is 0.974. The second-order valence-corrected chi connectivity index (χ2v) is 9.26. The van der Waals surface area contributed by atoms with Gasteiger partial charge in [-0.1, -0.05) is 30.3 Å². The van der Waals surface area contributed by atoms with Gasteiger partial charge in [0.05, 0.1) is 24.3 Å². The zero-order valence-corrected chi connectivity index (χ0v) is 21.3. The summed E-state index contributed by atoms with van der Waals surface area (Å²) in [5.74, 6) is 0.470. The molecule has 1 fully saturated rings. The van der Waals surface area contributed by atoms with Crippen LogP contribution in [-0.4, -0.2) is 54.2 Å². The van der Waals surface area contributed by atoms with Gasteiger partial charge in [0.1, 0.15) is 30.5 Å². The first-order chi connectivity index (χ1) is 18.4. The Balaban J connectivity index is 1.56. The molecule has 3 aromatic rings. The van der Waals surface area contributed by atoms with Crippen molar-refractivity contribution in [1.29, 1.82) is 0 Å². The highest BCUT2D eigenvalue weighted by atomic mass is 16.6. The fourth-order valence-corrected chi connectivity index (χ4v) is 4.56. The summed E-state index contributed by atoms with van der Waals surface area (Å²) in [5, 5.41) is 11.4. The van der Waals surface area contributed by atoms with Crippen LogP contribution in [0.1, 0.15) is 31.0 Å². The molecular weight excluding hydrogens is 486 g/mol. The van der Waals surface area contributed by atoms with Crippen LogP contribution >= 0.6 is 0 Å². The Bertz CT molecular complexity index is 1370. The minimum Gasteiger partial charge on any atom is -0.507 e. The van der Waals surface area contributed by atoms with Gasteiger partial charge in [0.25, 0.3) is 11.7 Å². The smallest absolute Gasteiger partial charge is 0.295 e. The molecule has 1 amide bonds. The van der Waals surface area contributed by atoms with E-state index in [1.54, 1.807) is 36.4 Å². The first kappa shape index (κ1) is 25.4. The number of rotatable bonds is 8. The summed E-state index contributed by atoms with van der Waals surface area (Å²) in [6.07, 6.45) is -0.0365.